The van der Waals surface area contributed by atoms with Gasteiger partial charge in [-0.15, -0.1) is 0 Å². The van der Waals surface area contributed by atoms with Gasteiger partial charge in [0.15, 0.2) is 0 Å². The van der Waals surface area contributed by atoms with Crippen LogP contribution in [0, 0.1) is 5.82 Å². The Balaban J connectivity index is 1.41. The molecule has 1 aliphatic carbocycles. The molecule has 0 amide bonds. The number of hydrogen-bond donors (Lipinski definition) is 1. The zero-order chi connectivity index (χ0) is 20.7. The highest BCUT2D eigenvalue weighted by molar-refractivity contribution is 6.31. The molecule has 2 aliphatic rings. The van der Waals surface area contributed by atoms with Gasteiger partial charge in [-0.05, 0) is 75.5 Å². The fraction of sp³-hybridized carbons (Fsp3) is 0.458. The lowest BCUT2D eigenvalue weighted by Gasteiger charge is -2.38. The zero-order valence-corrected chi connectivity index (χ0v) is 18.0. The number of fused-ring (bicyclic) bond motifs is 1. The van der Waals surface area contributed by atoms with Gasteiger partial charge in [-0.2, -0.15) is 5.10 Å². The maximum atomic E-state index is 13.5. The van der Waals surface area contributed by atoms with Crippen LogP contribution < -0.4 is 5.32 Å². The van der Waals surface area contributed by atoms with Crippen molar-refractivity contribution in [3.8, 4) is 0 Å². The van der Waals surface area contributed by atoms with E-state index >= 15 is 0 Å². The summed E-state index contributed by atoms with van der Waals surface area (Å²) < 4.78 is 22.0. The van der Waals surface area contributed by atoms with Gasteiger partial charge < -0.3 is 10.1 Å². The van der Waals surface area contributed by atoms with Crippen molar-refractivity contribution in [3.05, 3.63) is 64.6 Å². The van der Waals surface area contributed by atoms with Crippen LogP contribution in [0.3, 0.4) is 0 Å². The quantitative estimate of drug-likeness (QED) is 0.559. The molecule has 1 atom stereocenters. The van der Waals surface area contributed by atoms with Gasteiger partial charge in [-0.3, -0.25) is 4.68 Å². The van der Waals surface area contributed by atoms with Gasteiger partial charge in [-0.1, -0.05) is 23.7 Å². The molecule has 2 heterocycles. The zero-order valence-electron chi connectivity index (χ0n) is 17.2. The maximum Gasteiger partial charge on any atom is 0.123 e. The third kappa shape index (κ3) is 3.86. The Morgan fingerprint density at radius 1 is 1.23 bits per heavy atom. The van der Waals surface area contributed by atoms with E-state index < -0.39 is 0 Å². The monoisotopic (exact) mass is 427 g/mol. The Kier molecular flexibility index (Phi) is 5.30. The first-order chi connectivity index (χ1) is 14.5. The van der Waals surface area contributed by atoms with Crippen molar-refractivity contribution in [1.82, 2.24) is 15.1 Å². The van der Waals surface area contributed by atoms with Crippen molar-refractivity contribution in [3.63, 3.8) is 0 Å². The van der Waals surface area contributed by atoms with E-state index in [4.69, 9.17) is 21.4 Å². The Bertz CT molecular complexity index is 1040. The summed E-state index contributed by atoms with van der Waals surface area (Å²) in [5.74, 6) is -0.204. The average molecular weight is 428 g/mol. The summed E-state index contributed by atoms with van der Waals surface area (Å²) in [7, 11) is 0. The standard InChI is InChI=1S/C24H27ClFN3O/c1-16(22-13-19(25)12-17-14-29(21-6-7-21)28-23(17)22)30-15-24(8-10-27-11-9-24)18-2-4-20(26)5-3-18/h2-5,12-14,16,21,27H,6-11,15H2,1H3. The van der Waals surface area contributed by atoms with E-state index in [1.807, 2.05) is 24.3 Å². The molecule has 1 unspecified atom stereocenters. The van der Waals surface area contributed by atoms with Crippen LogP contribution in [0.4, 0.5) is 4.39 Å². The third-order valence-electron chi connectivity index (χ3n) is 6.61. The smallest absolute Gasteiger partial charge is 0.123 e. The summed E-state index contributed by atoms with van der Waals surface area (Å²) in [5, 5.41) is 10.0. The van der Waals surface area contributed by atoms with E-state index in [1.165, 1.54) is 12.8 Å². The van der Waals surface area contributed by atoms with E-state index in [2.05, 4.69) is 23.1 Å². The number of rotatable bonds is 6. The van der Waals surface area contributed by atoms with Crippen LogP contribution in [0.2, 0.25) is 5.02 Å². The van der Waals surface area contributed by atoms with Gasteiger partial charge in [0.25, 0.3) is 0 Å². The predicted octanol–water partition coefficient (Wildman–Crippen LogP) is 5.56. The first-order valence-corrected chi connectivity index (χ1v) is 11.2. The van der Waals surface area contributed by atoms with Crippen LogP contribution >= 0.6 is 11.6 Å². The van der Waals surface area contributed by atoms with Crippen LogP contribution in [-0.4, -0.2) is 29.5 Å². The minimum Gasteiger partial charge on any atom is -0.373 e. The highest BCUT2D eigenvalue weighted by atomic mass is 35.5. The van der Waals surface area contributed by atoms with Gasteiger partial charge in [-0.25, -0.2) is 4.39 Å². The number of hydrogen-bond acceptors (Lipinski definition) is 3. The van der Waals surface area contributed by atoms with Crippen LogP contribution in [0.1, 0.15) is 55.9 Å². The number of nitrogens with zero attached hydrogens (tertiary/aromatic N) is 2. The summed E-state index contributed by atoms with van der Waals surface area (Å²) in [6.07, 6.45) is 6.27. The molecule has 4 nitrogen and oxygen atoms in total. The van der Waals surface area contributed by atoms with Gasteiger partial charge in [0.2, 0.25) is 0 Å². The maximum absolute atomic E-state index is 13.5. The van der Waals surface area contributed by atoms with Gasteiger partial charge in [0.05, 0.1) is 24.3 Å². The molecule has 1 aliphatic heterocycles. The molecule has 0 spiro atoms. The number of aromatic nitrogens is 2. The first kappa shape index (κ1) is 20.0. The van der Waals surface area contributed by atoms with Crippen LogP contribution in [0.5, 0.6) is 0 Å². The Labute approximate surface area is 181 Å². The molecule has 30 heavy (non-hydrogen) atoms. The average Bonchev–Trinajstić information content (AvgIpc) is 3.52. The lowest BCUT2D eigenvalue weighted by atomic mass is 9.74. The van der Waals surface area contributed by atoms with E-state index in [-0.39, 0.29) is 17.3 Å². The molecule has 158 valence electrons. The van der Waals surface area contributed by atoms with E-state index in [9.17, 15) is 4.39 Å². The molecule has 0 radical (unpaired) electrons. The van der Waals surface area contributed by atoms with Crippen molar-refractivity contribution in [2.24, 2.45) is 0 Å². The molecule has 1 N–H and O–H groups in total. The summed E-state index contributed by atoms with van der Waals surface area (Å²) >= 11 is 6.42. The second kappa shape index (κ2) is 7.95. The summed E-state index contributed by atoms with van der Waals surface area (Å²) in [6, 6.07) is 11.4. The molecular formula is C24H27ClFN3O. The molecule has 1 saturated heterocycles. The van der Waals surface area contributed by atoms with Crippen molar-refractivity contribution >= 4 is 22.5 Å². The van der Waals surface area contributed by atoms with E-state index in [0.29, 0.717) is 17.7 Å². The van der Waals surface area contributed by atoms with Crippen LogP contribution in [0.25, 0.3) is 10.9 Å². The molecule has 6 heteroatoms. The fourth-order valence-corrected chi connectivity index (χ4v) is 4.81. The number of halogens is 2. The third-order valence-corrected chi connectivity index (χ3v) is 6.82. The number of ether oxygens (including phenoxy) is 1. The molecule has 5 rings (SSSR count). The topological polar surface area (TPSA) is 39.1 Å². The normalized spacial score (nSPS) is 19.8. The Hall–Kier alpha value is -1.95. The predicted molar refractivity (Wildman–Crippen MR) is 118 cm³/mol. The Morgan fingerprint density at radius 3 is 2.67 bits per heavy atom. The van der Waals surface area contributed by atoms with Gasteiger partial charge in [0, 0.05) is 27.6 Å². The van der Waals surface area contributed by atoms with Gasteiger partial charge >= 0.3 is 0 Å². The summed E-state index contributed by atoms with van der Waals surface area (Å²) in [6.45, 7) is 4.52. The molecule has 1 aromatic heterocycles. The highest BCUT2D eigenvalue weighted by Crippen LogP contribution is 2.39. The van der Waals surface area contributed by atoms with Crippen molar-refractivity contribution in [2.75, 3.05) is 19.7 Å². The molecule has 2 aromatic carbocycles. The lowest BCUT2D eigenvalue weighted by Crippen LogP contribution is -2.43. The van der Waals surface area contributed by atoms with Crippen LogP contribution in [-0.2, 0) is 10.2 Å². The summed E-state index contributed by atoms with van der Waals surface area (Å²) in [5.41, 5.74) is 3.03. The van der Waals surface area contributed by atoms with Crippen molar-refractivity contribution < 1.29 is 9.13 Å². The van der Waals surface area contributed by atoms with Crippen molar-refractivity contribution in [1.29, 1.82) is 0 Å². The highest BCUT2D eigenvalue weighted by Gasteiger charge is 2.35. The van der Waals surface area contributed by atoms with Gasteiger partial charge in [0.1, 0.15) is 5.82 Å². The second-order valence-corrected chi connectivity index (χ2v) is 9.20. The van der Waals surface area contributed by atoms with E-state index in [0.717, 1.165) is 48.0 Å². The Morgan fingerprint density at radius 2 is 1.97 bits per heavy atom. The van der Waals surface area contributed by atoms with Crippen LogP contribution in [0.15, 0.2) is 42.6 Å². The number of benzene rings is 2. The van der Waals surface area contributed by atoms with Crippen molar-refractivity contribution in [2.45, 2.75) is 50.2 Å². The molecule has 3 aromatic rings. The fourth-order valence-electron chi connectivity index (χ4n) is 4.58. The first-order valence-electron chi connectivity index (χ1n) is 10.8. The van der Waals surface area contributed by atoms with E-state index in [1.54, 1.807) is 12.1 Å². The largest absolute Gasteiger partial charge is 0.373 e. The molecular weight excluding hydrogens is 401 g/mol. The second-order valence-electron chi connectivity index (χ2n) is 8.76. The lowest BCUT2D eigenvalue weighted by molar-refractivity contribution is 0.0172. The molecule has 0 bridgehead atoms. The molecule has 2 fully saturated rings. The summed E-state index contributed by atoms with van der Waals surface area (Å²) in [4.78, 5) is 0. The molecule has 1 saturated carbocycles. The number of nitrogens with one attached hydrogen (secondary N) is 1. The minimum absolute atomic E-state index is 0.113. The number of piperidine rings is 1. The minimum atomic E-state index is -0.204. The SMILES string of the molecule is CC(OCC1(c2ccc(F)cc2)CCNCC1)c1cc(Cl)cc2cn(C3CC3)nc12.